The maximum absolute atomic E-state index is 5.76. The van der Waals surface area contributed by atoms with Crippen LogP contribution in [0.3, 0.4) is 0 Å². The summed E-state index contributed by atoms with van der Waals surface area (Å²) in [7, 11) is 1.65. The minimum atomic E-state index is 0.791. The number of ether oxygens (including phenoxy) is 2. The van der Waals surface area contributed by atoms with E-state index >= 15 is 0 Å². The first-order chi connectivity index (χ1) is 11.3. The average Bonchev–Trinajstić information content (AvgIpc) is 2.62. The molecule has 0 N–H and O–H groups in total. The van der Waals surface area contributed by atoms with Gasteiger partial charge in [0, 0.05) is 6.21 Å². The maximum atomic E-state index is 5.76. The summed E-state index contributed by atoms with van der Waals surface area (Å²) in [5.74, 6) is 2.45. The molecule has 0 atom stereocenters. The van der Waals surface area contributed by atoms with Crippen LogP contribution in [0.2, 0.25) is 0 Å². The SMILES string of the molecule is COc1ccc(C=Nc2ccc(Oc3ccccc3)cc2)cc1. The second-order valence-corrected chi connectivity index (χ2v) is 4.94. The Bertz CT molecular complexity index is 763. The Morgan fingerprint density at radius 1 is 0.696 bits per heavy atom. The summed E-state index contributed by atoms with van der Waals surface area (Å²) in [4.78, 5) is 4.46. The number of benzene rings is 3. The molecule has 0 saturated carbocycles. The smallest absolute Gasteiger partial charge is 0.127 e. The zero-order valence-corrected chi connectivity index (χ0v) is 12.8. The van der Waals surface area contributed by atoms with Gasteiger partial charge >= 0.3 is 0 Å². The second-order valence-electron chi connectivity index (χ2n) is 4.94. The van der Waals surface area contributed by atoms with Crippen molar-refractivity contribution in [2.45, 2.75) is 0 Å². The molecule has 0 spiro atoms. The number of hydrogen-bond donors (Lipinski definition) is 0. The Labute approximate surface area is 135 Å². The van der Waals surface area contributed by atoms with Crippen molar-refractivity contribution in [1.29, 1.82) is 0 Å². The summed E-state index contributed by atoms with van der Waals surface area (Å²) < 4.78 is 10.9. The van der Waals surface area contributed by atoms with Crippen molar-refractivity contribution in [3.05, 3.63) is 84.4 Å². The van der Waals surface area contributed by atoms with Crippen molar-refractivity contribution in [2.75, 3.05) is 7.11 Å². The molecule has 3 rings (SSSR count). The van der Waals surface area contributed by atoms with Gasteiger partial charge in [-0.25, -0.2) is 0 Å². The Hall–Kier alpha value is -3.07. The van der Waals surface area contributed by atoms with Gasteiger partial charge in [-0.2, -0.15) is 0 Å². The lowest BCUT2D eigenvalue weighted by Gasteiger charge is -2.05. The van der Waals surface area contributed by atoms with Gasteiger partial charge in [-0.1, -0.05) is 18.2 Å². The summed E-state index contributed by atoms with van der Waals surface area (Å²) in [6.07, 6.45) is 1.83. The predicted octanol–water partition coefficient (Wildman–Crippen LogP) is 5.24. The van der Waals surface area contributed by atoms with Gasteiger partial charge in [0.2, 0.25) is 0 Å². The van der Waals surface area contributed by atoms with Crippen LogP contribution in [0.15, 0.2) is 83.9 Å². The van der Waals surface area contributed by atoms with Crippen LogP contribution >= 0.6 is 0 Å². The van der Waals surface area contributed by atoms with Gasteiger partial charge in [0.05, 0.1) is 12.8 Å². The van der Waals surface area contributed by atoms with E-state index in [9.17, 15) is 0 Å². The third-order valence-corrected chi connectivity index (χ3v) is 3.29. The Morgan fingerprint density at radius 3 is 1.96 bits per heavy atom. The van der Waals surface area contributed by atoms with Crippen molar-refractivity contribution in [1.82, 2.24) is 0 Å². The normalized spacial score (nSPS) is 10.7. The standard InChI is InChI=1S/C20H17NO2/c1-22-18-11-7-16(8-12-18)15-21-17-9-13-20(14-10-17)23-19-5-3-2-4-6-19/h2-15H,1H3. The van der Waals surface area contributed by atoms with E-state index < -0.39 is 0 Å². The van der Waals surface area contributed by atoms with E-state index in [2.05, 4.69) is 4.99 Å². The minimum Gasteiger partial charge on any atom is -0.497 e. The summed E-state index contributed by atoms with van der Waals surface area (Å²) >= 11 is 0. The molecule has 3 nitrogen and oxygen atoms in total. The van der Waals surface area contributed by atoms with Crippen LogP contribution in [-0.2, 0) is 0 Å². The highest BCUT2D eigenvalue weighted by atomic mass is 16.5. The van der Waals surface area contributed by atoms with Crippen LogP contribution in [0.1, 0.15) is 5.56 Å². The molecule has 0 fully saturated rings. The summed E-state index contributed by atoms with van der Waals surface area (Å²) in [6.45, 7) is 0. The fourth-order valence-electron chi connectivity index (χ4n) is 2.06. The number of para-hydroxylation sites is 1. The van der Waals surface area contributed by atoms with Crippen molar-refractivity contribution < 1.29 is 9.47 Å². The highest BCUT2D eigenvalue weighted by molar-refractivity contribution is 5.82. The van der Waals surface area contributed by atoms with Gasteiger partial charge < -0.3 is 9.47 Å². The molecule has 0 amide bonds. The first-order valence-electron chi connectivity index (χ1n) is 7.34. The predicted molar refractivity (Wildman–Crippen MR) is 93.2 cm³/mol. The third kappa shape index (κ3) is 4.20. The Balaban J connectivity index is 1.65. The number of methoxy groups -OCH3 is 1. The number of rotatable bonds is 5. The molecular formula is C20H17NO2. The van der Waals surface area contributed by atoms with Gasteiger partial charge in [0.15, 0.2) is 0 Å². The lowest BCUT2D eigenvalue weighted by atomic mass is 10.2. The first kappa shape index (κ1) is 14.9. The van der Waals surface area contributed by atoms with E-state index in [0.717, 1.165) is 28.5 Å². The summed E-state index contributed by atoms with van der Waals surface area (Å²) in [5, 5.41) is 0. The van der Waals surface area contributed by atoms with Gasteiger partial charge in [-0.3, -0.25) is 4.99 Å². The molecule has 0 unspecified atom stereocenters. The molecule has 0 aliphatic rings. The quantitative estimate of drug-likeness (QED) is 0.604. The van der Waals surface area contributed by atoms with Crippen LogP contribution in [-0.4, -0.2) is 13.3 Å². The zero-order valence-electron chi connectivity index (χ0n) is 12.8. The molecule has 0 radical (unpaired) electrons. The zero-order chi connectivity index (χ0) is 15.9. The largest absolute Gasteiger partial charge is 0.497 e. The van der Waals surface area contributed by atoms with Crippen molar-refractivity contribution in [2.24, 2.45) is 4.99 Å². The first-order valence-corrected chi connectivity index (χ1v) is 7.34. The molecule has 0 aliphatic heterocycles. The highest BCUT2D eigenvalue weighted by Gasteiger charge is 1.97. The average molecular weight is 303 g/mol. The Kier molecular flexibility index (Phi) is 4.69. The third-order valence-electron chi connectivity index (χ3n) is 3.29. The van der Waals surface area contributed by atoms with Crippen molar-refractivity contribution >= 4 is 11.9 Å². The van der Waals surface area contributed by atoms with Gasteiger partial charge in [0.25, 0.3) is 0 Å². The molecule has 0 heterocycles. The van der Waals surface area contributed by atoms with Crippen molar-refractivity contribution in [3.8, 4) is 17.2 Å². The summed E-state index contributed by atoms with van der Waals surface area (Å²) in [6, 6.07) is 25.2. The van der Waals surface area contributed by atoms with Crippen LogP contribution in [0.25, 0.3) is 0 Å². The van der Waals surface area contributed by atoms with Crippen molar-refractivity contribution in [3.63, 3.8) is 0 Å². The maximum Gasteiger partial charge on any atom is 0.127 e. The highest BCUT2D eigenvalue weighted by Crippen LogP contribution is 2.23. The van der Waals surface area contributed by atoms with Crippen LogP contribution < -0.4 is 9.47 Å². The topological polar surface area (TPSA) is 30.8 Å². The molecule has 23 heavy (non-hydrogen) atoms. The summed E-state index contributed by atoms with van der Waals surface area (Å²) in [5.41, 5.74) is 1.90. The van der Waals surface area contributed by atoms with Crippen LogP contribution in [0.5, 0.6) is 17.2 Å². The lowest BCUT2D eigenvalue weighted by Crippen LogP contribution is -1.84. The van der Waals surface area contributed by atoms with E-state index in [1.807, 2.05) is 85.1 Å². The monoisotopic (exact) mass is 303 g/mol. The molecule has 0 saturated heterocycles. The molecule has 0 bridgehead atoms. The van der Waals surface area contributed by atoms with E-state index in [1.165, 1.54) is 0 Å². The van der Waals surface area contributed by atoms with Gasteiger partial charge in [-0.05, 0) is 66.2 Å². The fourth-order valence-corrected chi connectivity index (χ4v) is 2.06. The molecule has 3 aromatic carbocycles. The van der Waals surface area contributed by atoms with Crippen LogP contribution in [0, 0.1) is 0 Å². The minimum absolute atomic E-state index is 0.791. The number of nitrogens with zero attached hydrogens (tertiary/aromatic N) is 1. The van der Waals surface area contributed by atoms with E-state index in [4.69, 9.17) is 9.47 Å². The lowest BCUT2D eigenvalue weighted by molar-refractivity contribution is 0.415. The number of hydrogen-bond acceptors (Lipinski definition) is 3. The van der Waals surface area contributed by atoms with Gasteiger partial charge in [0.1, 0.15) is 17.2 Å². The Morgan fingerprint density at radius 2 is 1.30 bits per heavy atom. The molecule has 3 aromatic rings. The molecular weight excluding hydrogens is 286 g/mol. The second kappa shape index (κ2) is 7.27. The van der Waals surface area contributed by atoms with Crippen LogP contribution in [0.4, 0.5) is 5.69 Å². The molecule has 0 aromatic heterocycles. The molecule has 0 aliphatic carbocycles. The van der Waals surface area contributed by atoms with Gasteiger partial charge in [-0.15, -0.1) is 0 Å². The molecule has 114 valence electrons. The number of aliphatic imine (C=N–C) groups is 1. The van der Waals surface area contributed by atoms with E-state index in [0.29, 0.717) is 0 Å². The fraction of sp³-hybridized carbons (Fsp3) is 0.0500. The molecule has 3 heteroatoms. The van der Waals surface area contributed by atoms with E-state index in [-0.39, 0.29) is 0 Å². The van der Waals surface area contributed by atoms with E-state index in [1.54, 1.807) is 7.11 Å².